The third-order valence-corrected chi connectivity index (χ3v) is 5.93. The summed E-state index contributed by atoms with van der Waals surface area (Å²) in [5.74, 6) is -3.36. The van der Waals surface area contributed by atoms with E-state index >= 15 is 0 Å². The Morgan fingerprint density at radius 3 is 2.70 bits per heavy atom. The van der Waals surface area contributed by atoms with Gasteiger partial charge in [-0.25, -0.2) is 9.59 Å². The van der Waals surface area contributed by atoms with E-state index in [-0.39, 0.29) is 39.8 Å². The Balaban J connectivity index is 1.68. The topological polar surface area (TPSA) is 147 Å². The van der Waals surface area contributed by atoms with Crippen LogP contribution in [0.2, 0.25) is 0 Å². The average molecular weight is 434 g/mol. The van der Waals surface area contributed by atoms with E-state index in [1.807, 2.05) is 0 Å². The monoisotopic (exact) mass is 434 g/mol. The summed E-state index contributed by atoms with van der Waals surface area (Å²) in [4.78, 5) is 47.8. The number of carboxylic acid groups (broad SMARTS) is 1. The van der Waals surface area contributed by atoms with Gasteiger partial charge in [-0.3, -0.25) is 14.9 Å². The van der Waals surface area contributed by atoms with Gasteiger partial charge < -0.3 is 19.8 Å². The number of rotatable bonds is 8. The van der Waals surface area contributed by atoms with Crippen LogP contribution in [0.5, 0.6) is 0 Å². The molecule has 30 heavy (non-hydrogen) atoms. The number of hydrogen-bond acceptors (Lipinski definition) is 8. The summed E-state index contributed by atoms with van der Waals surface area (Å²) in [5.41, 5.74) is -0.226. The highest BCUT2D eigenvalue weighted by atomic mass is 32.2. The quantitative estimate of drug-likeness (QED) is 0.205. The minimum absolute atomic E-state index is 0.120. The van der Waals surface area contributed by atoms with Crippen molar-refractivity contribution in [2.75, 3.05) is 0 Å². The van der Waals surface area contributed by atoms with Crippen molar-refractivity contribution in [1.29, 1.82) is 0 Å². The summed E-state index contributed by atoms with van der Waals surface area (Å²) in [6.45, 7) is 4.71. The number of carboxylic acids is 1. The van der Waals surface area contributed by atoms with Crippen molar-refractivity contribution in [3.63, 3.8) is 0 Å². The SMILES string of the molecule is C=C(SC1=C(C(=O)O)N2C(=O)[C@@H]([C@H](C)O)[C@H]2C1)C(=O)OCc1ccccc1[N+](=O)[O-]. The summed E-state index contributed by atoms with van der Waals surface area (Å²) in [6.07, 6.45) is -0.752. The van der Waals surface area contributed by atoms with Gasteiger partial charge in [0.2, 0.25) is 5.91 Å². The lowest BCUT2D eigenvalue weighted by Crippen LogP contribution is -2.61. The minimum Gasteiger partial charge on any atom is -0.477 e. The molecular formula is C19H18N2O8S. The van der Waals surface area contributed by atoms with E-state index in [2.05, 4.69) is 6.58 Å². The normalized spacial score (nSPS) is 21.0. The fourth-order valence-electron chi connectivity index (χ4n) is 3.55. The number of nitro benzene ring substituents is 1. The predicted molar refractivity (Wildman–Crippen MR) is 105 cm³/mol. The van der Waals surface area contributed by atoms with Crippen LogP contribution in [0.3, 0.4) is 0 Å². The van der Waals surface area contributed by atoms with Crippen LogP contribution in [-0.4, -0.2) is 50.0 Å². The number of carbonyl (C=O) groups is 3. The molecule has 3 atom stereocenters. The van der Waals surface area contributed by atoms with Crippen molar-refractivity contribution in [1.82, 2.24) is 4.90 Å². The number of aliphatic hydroxyl groups excluding tert-OH is 1. The molecule has 0 bridgehead atoms. The molecule has 2 heterocycles. The number of amides is 1. The number of para-hydroxylation sites is 1. The molecule has 0 aromatic heterocycles. The maximum atomic E-state index is 12.3. The first-order valence-corrected chi connectivity index (χ1v) is 9.68. The zero-order valence-electron chi connectivity index (χ0n) is 15.8. The molecule has 2 aliphatic heterocycles. The first-order chi connectivity index (χ1) is 14.1. The zero-order valence-corrected chi connectivity index (χ0v) is 16.6. The van der Waals surface area contributed by atoms with Gasteiger partial charge in [0.1, 0.15) is 12.3 Å². The summed E-state index contributed by atoms with van der Waals surface area (Å²) in [7, 11) is 0. The first kappa shape index (κ1) is 21.5. The zero-order chi connectivity index (χ0) is 22.2. The van der Waals surface area contributed by atoms with Gasteiger partial charge in [-0.2, -0.15) is 0 Å². The first-order valence-electron chi connectivity index (χ1n) is 8.87. The number of ether oxygens (including phenoxy) is 1. The van der Waals surface area contributed by atoms with Crippen LogP contribution in [0.25, 0.3) is 0 Å². The van der Waals surface area contributed by atoms with Gasteiger partial charge in [0.25, 0.3) is 5.69 Å². The van der Waals surface area contributed by atoms with E-state index in [9.17, 15) is 34.7 Å². The number of esters is 1. The maximum absolute atomic E-state index is 12.3. The standard InChI is InChI=1S/C19H18N2O8S/c1-9(22)15-13-7-14(16(18(24)25)20(13)17(15)23)30-10(2)19(26)29-8-11-5-3-4-6-12(11)21(27)28/h3-6,9,13,15,22H,2,7-8H2,1H3,(H,24,25)/t9-,13+,15-/m0/s1. The van der Waals surface area contributed by atoms with Gasteiger partial charge in [-0.05, 0) is 13.0 Å². The van der Waals surface area contributed by atoms with Crippen molar-refractivity contribution in [2.45, 2.75) is 32.1 Å². The van der Waals surface area contributed by atoms with Gasteiger partial charge in [-0.1, -0.05) is 30.5 Å². The van der Waals surface area contributed by atoms with E-state index < -0.39 is 40.8 Å². The average Bonchev–Trinajstić information content (AvgIpc) is 2.99. The molecule has 0 radical (unpaired) electrons. The fourth-order valence-corrected chi connectivity index (χ4v) is 4.52. The molecule has 158 valence electrons. The van der Waals surface area contributed by atoms with Crippen LogP contribution >= 0.6 is 11.8 Å². The number of β-lactam (4-membered cyclic amide) rings is 1. The van der Waals surface area contributed by atoms with Gasteiger partial charge in [-0.15, -0.1) is 0 Å². The van der Waals surface area contributed by atoms with Crippen molar-refractivity contribution in [3.05, 3.63) is 62.0 Å². The van der Waals surface area contributed by atoms with E-state index in [0.29, 0.717) is 0 Å². The molecule has 11 heteroatoms. The Kier molecular flexibility index (Phi) is 5.94. The van der Waals surface area contributed by atoms with E-state index in [4.69, 9.17) is 4.74 Å². The molecule has 0 spiro atoms. The second kappa shape index (κ2) is 8.28. The number of carbonyl (C=O) groups excluding carboxylic acids is 2. The van der Waals surface area contributed by atoms with Crippen LogP contribution < -0.4 is 0 Å². The van der Waals surface area contributed by atoms with Gasteiger partial charge in [0, 0.05) is 17.4 Å². The fraction of sp³-hybridized carbons (Fsp3) is 0.316. The molecule has 0 aliphatic carbocycles. The molecular weight excluding hydrogens is 416 g/mol. The summed E-state index contributed by atoms with van der Waals surface area (Å²) < 4.78 is 5.08. The van der Waals surface area contributed by atoms with Gasteiger partial charge in [0.05, 0.1) is 33.5 Å². The largest absolute Gasteiger partial charge is 0.477 e. The molecule has 1 saturated heterocycles. The number of thioether (sulfide) groups is 1. The second-order valence-electron chi connectivity index (χ2n) is 6.81. The predicted octanol–water partition coefficient (Wildman–Crippen LogP) is 1.79. The van der Waals surface area contributed by atoms with Crippen LogP contribution in [-0.2, 0) is 25.7 Å². The highest BCUT2D eigenvalue weighted by Crippen LogP contribution is 2.48. The third-order valence-electron chi connectivity index (χ3n) is 4.91. The third kappa shape index (κ3) is 3.81. The molecule has 2 N–H and O–H groups in total. The minimum atomic E-state index is -1.32. The van der Waals surface area contributed by atoms with Crippen LogP contribution in [0.15, 0.2) is 46.4 Å². The van der Waals surface area contributed by atoms with Crippen LogP contribution in [0.4, 0.5) is 5.69 Å². The van der Waals surface area contributed by atoms with Crippen molar-refractivity contribution >= 4 is 35.3 Å². The number of fused-ring (bicyclic) bond motifs is 1. The van der Waals surface area contributed by atoms with Crippen molar-refractivity contribution in [3.8, 4) is 0 Å². The highest BCUT2D eigenvalue weighted by Gasteiger charge is 2.56. The van der Waals surface area contributed by atoms with Crippen molar-refractivity contribution in [2.24, 2.45) is 5.92 Å². The lowest BCUT2D eigenvalue weighted by molar-refractivity contribution is -0.385. The van der Waals surface area contributed by atoms with E-state index in [1.165, 1.54) is 25.1 Å². The van der Waals surface area contributed by atoms with E-state index in [1.54, 1.807) is 6.07 Å². The van der Waals surface area contributed by atoms with Gasteiger partial charge in [0.15, 0.2) is 0 Å². The summed E-state index contributed by atoms with van der Waals surface area (Å²) in [5, 5.41) is 30.3. The Morgan fingerprint density at radius 1 is 1.43 bits per heavy atom. The Bertz CT molecular complexity index is 987. The number of aliphatic hydroxyl groups is 1. The molecule has 1 fully saturated rings. The molecule has 1 aromatic carbocycles. The highest BCUT2D eigenvalue weighted by molar-refractivity contribution is 8.07. The van der Waals surface area contributed by atoms with Gasteiger partial charge >= 0.3 is 11.9 Å². The smallest absolute Gasteiger partial charge is 0.353 e. The molecule has 1 amide bonds. The maximum Gasteiger partial charge on any atom is 0.353 e. The number of hydrogen-bond donors (Lipinski definition) is 2. The Morgan fingerprint density at radius 2 is 2.10 bits per heavy atom. The number of nitrogens with zero attached hydrogens (tertiary/aromatic N) is 2. The van der Waals surface area contributed by atoms with Crippen LogP contribution in [0.1, 0.15) is 18.9 Å². The van der Waals surface area contributed by atoms with Crippen LogP contribution in [0, 0.1) is 16.0 Å². The molecule has 0 unspecified atom stereocenters. The molecule has 0 saturated carbocycles. The number of aliphatic carboxylic acids is 1. The summed E-state index contributed by atoms with van der Waals surface area (Å²) in [6, 6.07) is 5.32. The Labute approximate surface area is 175 Å². The summed E-state index contributed by atoms with van der Waals surface area (Å²) >= 11 is 0.781. The van der Waals surface area contributed by atoms with Crippen molar-refractivity contribution < 1.29 is 34.3 Å². The molecule has 10 nitrogen and oxygen atoms in total. The number of nitro groups is 1. The molecule has 3 rings (SSSR count). The molecule has 1 aromatic rings. The lowest BCUT2D eigenvalue weighted by Gasteiger charge is -2.44. The Hall–Kier alpha value is -3.18. The lowest BCUT2D eigenvalue weighted by atomic mass is 9.83. The second-order valence-corrected chi connectivity index (χ2v) is 8.00. The number of benzene rings is 1. The van der Waals surface area contributed by atoms with E-state index in [0.717, 1.165) is 16.7 Å². The molecule has 2 aliphatic rings.